The minimum atomic E-state index is -4.44. The van der Waals surface area contributed by atoms with Crippen LogP contribution < -0.4 is 30.7 Å². The predicted octanol–water partition coefficient (Wildman–Crippen LogP) is 5.95. The maximum absolute atomic E-state index is 14.7. The minimum absolute atomic E-state index is 0.133. The maximum Gasteiger partial charge on any atom is 0.459 e. The van der Waals surface area contributed by atoms with Crippen molar-refractivity contribution in [2.24, 2.45) is 10.8 Å². The van der Waals surface area contributed by atoms with Crippen molar-refractivity contribution in [3.8, 4) is 11.5 Å². The Hall–Kier alpha value is -6.26. The number of hydrogen-bond acceptors (Lipinski definition) is 22. The number of nitrogens with zero attached hydrogens (tertiary/aromatic N) is 6. The number of nitrogen functional groups attached to an aromatic ring is 2. The Morgan fingerprint density at radius 2 is 1.00 bits per heavy atom. The summed E-state index contributed by atoms with van der Waals surface area (Å²) in [5.74, 6) is -0.797. The third kappa shape index (κ3) is 15.0. The van der Waals surface area contributed by atoms with Gasteiger partial charge in [-0.1, -0.05) is 77.9 Å². The zero-order valence-corrected chi connectivity index (χ0v) is 49.5. The van der Waals surface area contributed by atoms with E-state index in [0.717, 1.165) is 12.8 Å². The van der Waals surface area contributed by atoms with Crippen LogP contribution in [0.1, 0.15) is 91.8 Å². The lowest BCUT2D eigenvalue weighted by Gasteiger charge is -2.31. The Morgan fingerprint density at radius 1 is 0.643 bits per heavy atom. The van der Waals surface area contributed by atoms with Crippen LogP contribution >= 0.6 is 15.5 Å². The van der Waals surface area contributed by atoms with E-state index in [1.165, 1.54) is 59.8 Å². The van der Waals surface area contributed by atoms with Gasteiger partial charge in [0, 0.05) is 0 Å². The molecule has 0 unspecified atom stereocenters. The van der Waals surface area contributed by atoms with Gasteiger partial charge in [0.25, 0.3) is 0 Å². The van der Waals surface area contributed by atoms with Crippen LogP contribution in [0, 0.1) is 10.8 Å². The number of carbonyl (C=O) groups excluding carboxylic acids is 2. The van der Waals surface area contributed by atoms with Gasteiger partial charge in [-0.3, -0.25) is 18.6 Å². The van der Waals surface area contributed by atoms with Gasteiger partial charge in [-0.05, 0) is 86.1 Å². The van der Waals surface area contributed by atoms with E-state index in [1.807, 2.05) is 41.5 Å². The van der Waals surface area contributed by atoms with Crippen molar-refractivity contribution in [2.75, 3.05) is 51.2 Å². The monoisotopic (exact) mass is 1220 g/mol. The molecular weight excluding hydrogens is 1140 g/mol. The van der Waals surface area contributed by atoms with E-state index in [9.17, 15) is 47.9 Å². The summed E-state index contributed by atoms with van der Waals surface area (Å²) in [4.78, 5) is 33.3. The normalized spacial score (nSPS) is 24.8. The van der Waals surface area contributed by atoms with Crippen LogP contribution in [0.2, 0.25) is 0 Å². The van der Waals surface area contributed by atoms with Gasteiger partial charge in [0.1, 0.15) is 108 Å². The van der Waals surface area contributed by atoms with Gasteiger partial charge in [0.05, 0.1) is 37.8 Å². The quantitative estimate of drug-likeness (QED) is 0.0230. The van der Waals surface area contributed by atoms with Gasteiger partial charge >= 0.3 is 27.4 Å². The molecule has 6 heterocycles. The number of fused-ring (bicyclic) bond motifs is 2. The topological polar surface area (TPSA) is 360 Å². The third-order valence-electron chi connectivity index (χ3n) is 14.6. The second kappa shape index (κ2) is 27.0. The Labute approximate surface area is 483 Å². The first kappa shape index (κ1) is 65.3. The molecule has 10 N–H and O–H groups in total. The summed E-state index contributed by atoms with van der Waals surface area (Å²) < 4.78 is 105. The minimum Gasteiger partial charge on any atom is -0.464 e. The van der Waals surface area contributed by atoms with Gasteiger partial charge in [-0.15, -0.1) is 0 Å². The molecule has 2 aliphatic heterocycles. The summed E-state index contributed by atoms with van der Waals surface area (Å²) in [5, 5.41) is 57.0. The first-order valence-corrected chi connectivity index (χ1v) is 30.0. The second-order valence-electron chi connectivity index (χ2n) is 22.0. The summed E-state index contributed by atoms with van der Waals surface area (Å²) in [6, 6.07) is 20.0. The number of rotatable bonds is 26. The number of benzene rings is 2. The van der Waals surface area contributed by atoms with Crippen LogP contribution in [0.3, 0.4) is 0 Å². The van der Waals surface area contributed by atoms with E-state index in [0.29, 0.717) is 11.0 Å². The molecule has 0 aliphatic carbocycles. The number of aliphatic hydroxyl groups excluding tert-OH is 4. The fourth-order valence-corrected chi connectivity index (χ4v) is 11.6. The molecule has 84 heavy (non-hydrogen) atoms. The molecule has 2 aromatic carbocycles. The summed E-state index contributed by atoms with van der Waals surface area (Å²) in [5.41, 5.74) is 8.32. The highest BCUT2D eigenvalue weighted by Gasteiger charge is 2.58. The van der Waals surface area contributed by atoms with E-state index in [1.54, 1.807) is 60.7 Å². The number of carbonyl (C=O) groups is 2. The molecule has 0 radical (unpaired) electrons. The number of aliphatic hydroxyl groups is 4. The molecular formula is C54H74F2N10O16P2. The molecule has 8 rings (SSSR count). The summed E-state index contributed by atoms with van der Waals surface area (Å²) >= 11 is 0. The van der Waals surface area contributed by atoms with Crippen LogP contribution in [0.4, 0.5) is 20.4 Å². The number of esters is 2. The summed E-state index contributed by atoms with van der Waals surface area (Å²) in [6.07, 6.45) is -5.42. The van der Waals surface area contributed by atoms with E-state index in [4.69, 9.17) is 48.5 Å². The molecule has 2 fully saturated rings. The Bertz CT molecular complexity index is 3070. The number of aromatic nitrogens is 6. The molecule has 12 atom stereocenters. The van der Waals surface area contributed by atoms with Crippen molar-refractivity contribution in [1.82, 2.24) is 39.4 Å². The average Bonchev–Trinajstić information content (AvgIpc) is 2.46. The van der Waals surface area contributed by atoms with E-state index >= 15 is 0 Å². The molecule has 30 heteroatoms. The van der Waals surface area contributed by atoms with Gasteiger partial charge in [0.2, 0.25) is 0 Å². The molecule has 6 aromatic rings. The number of para-hydroxylation sites is 2. The van der Waals surface area contributed by atoms with E-state index in [-0.39, 0.29) is 58.6 Å². The van der Waals surface area contributed by atoms with Crippen LogP contribution in [-0.4, -0.2) is 149 Å². The zero-order chi connectivity index (χ0) is 61.4. The highest BCUT2D eigenvalue weighted by molar-refractivity contribution is 7.52. The first-order chi connectivity index (χ1) is 39.7. The number of ether oxygens (including phenoxy) is 4. The molecule has 0 bridgehead atoms. The fraction of sp³-hybridized carbons (Fsp3) is 0.519. The van der Waals surface area contributed by atoms with E-state index < -0.39 is 114 Å². The van der Waals surface area contributed by atoms with Gasteiger partial charge in [-0.25, -0.2) is 36.9 Å². The number of nitrogens with two attached hydrogens (primary N) is 2. The Morgan fingerprint density at radius 3 is 1.33 bits per heavy atom. The number of alkyl halides is 2. The SMILES string of the molecule is CCC(C)(C)COC(=O)[C@H](C)N[P@@](=O)(OC[C@@]1(CF)O[C@@H](c2ccc3c(N)ncnn23)[C@H](O)[C@@H]1O)Oc1ccccc1.CCC(C)(C)COC(=O)[C@H](C)N[P@](=O)(OC[C@@]1(CF)O[C@@H](c2ccc3c(N)ncnn23)[C@H](O)[C@@H]1O)Oc1ccccc1. The highest BCUT2D eigenvalue weighted by Crippen LogP contribution is 2.51. The zero-order valence-electron chi connectivity index (χ0n) is 47.7. The first-order valence-electron chi connectivity index (χ1n) is 26.9. The molecule has 0 amide bonds. The van der Waals surface area contributed by atoms with Crippen molar-refractivity contribution < 1.29 is 85.0 Å². The Balaban J connectivity index is 0.000000241. The molecule has 26 nitrogen and oxygen atoms in total. The number of anilines is 2. The molecule has 0 spiro atoms. The summed E-state index contributed by atoms with van der Waals surface area (Å²) in [7, 11) is -8.87. The maximum atomic E-state index is 14.7. The molecule has 4 aromatic heterocycles. The number of hydrogen-bond donors (Lipinski definition) is 8. The van der Waals surface area contributed by atoms with Crippen LogP contribution in [0.5, 0.6) is 11.5 Å². The standard InChI is InChI=1S/2C27H37FN5O8P/c2*1-5-26(3,4)14-38-25(36)17(2)32-42(37,41-18-9-7-6-8-10-18)39-15-27(13-28)23(35)21(34)22(40-27)19-11-12-20-24(29)30-16-31-33(19)20/h2*6-12,16-17,21-23,34-35H,5,13-15H2,1-4H3,(H,32,37)(H2,29,30,31)/t17-,21-,22-,23-,27+,42+;17-,21-,22-,23-,27+,42-/m00/s1. The smallest absolute Gasteiger partial charge is 0.459 e. The predicted molar refractivity (Wildman–Crippen MR) is 300 cm³/mol. The van der Waals surface area contributed by atoms with Gasteiger partial charge in [-0.2, -0.15) is 20.4 Å². The van der Waals surface area contributed by atoms with E-state index in [2.05, 4.69) is 30.3 Å². The molecule has 2 saturated heterocycles. The van der Waals surface area contributed by atoms with Crippen LogP contribution in [-0.2, 0) is 46.7 Å². The van der Waals surface area contributed by atoms with Crippen molar-refractivity contribution in [2.45, 2.75) is 128 Å². The highest BCUT2D eigenvalue weighted by atomic mass is 31.2. The lowest BCUT2D eigenvalue weighted by Crippen LogP contribution is -2.49. The fourth-order valence-electron chi connectivity index (χ4n) is 8.50. The lowest BCUT2D eigenvalue weighted by molar-refractivity contribution is -0.149. The number of halogens is 2. The average molecular weight is 1220 g/mol. The van der Waals surface area contributed by atoms with Crippen molar-refractivity contribution in [3.63, 3.8) is 0 Å². The van der Waals surface area contributed by atoms with Crippen molar-refractivity contribution in [3.05, 3.63) is 109 Å². The van der Waals surface area contributed by atoms with Crippen LogP contribution in [0.25, 0.3) is 11.0 Å². The van der Waals surface area contributed by atoms with Gasteiger partial charge in [0.15, 0.2) is 11.6 Å². The number of nitrogens with one attached hydrogen (secondary N) is 2. The van der Waals surface area contributed by atoms with Crippen molar-refractivity contribution >= 4 is 50.1 Å². The molecule has 0 saturated carbocycles. The van der Waals surface area contributed by atoms with Gasteiger partial charge < -0.3 is 59.9 Å². The summed E-state index contributed by atoms with van der Waals surface area (Å²) in [6.45, 7) is 10.5. The van der Waals surface area contributed by atoms with Crippen molar-refractivity contribution in [1.29, 1.82) is 0 Å². The lowest BCUT2D eigenvalue weighted by atomic mass is 9.92. The largest absolute Gasteiger partial charge is 0.464 e. The molecule has 2 aliphatic rings. The Kier molecular flexibility index (Phi) is 21.0. The third-order valence-corrected chi connectivity index (χ3v) is 17.8. The van der Waals surface area contributed by atoms with Crippen LogP contribution in [0.15, 0.2) is 97.6 Å². The second-order valence-corrected chi connectivity index (χ2v) is 25.4. The molecule has 460 valence electrons.